The van der Waals surface area contributed by atoms with Gasteiger partial charge in [-0.3, -0.25) is 9.59 Å². The first-order valence-corrected chi connectivity index (χ1v) is 12.7. The lowest BCUT2D eigenvalue weighted by Crippen LogP contribution is -2.25. The third-order valence-electron chi connectivity index (χ3n) is 6.20. The number of benzene rings is 3. The molecule has 188 valence electrons. The fourth-order valence-electron chi connectivity index (χ4n) is 4.24. The minimum atomic E-state index is -0.682. The highest BCUT2D eigenvalue weighted by atomic mass is 32.2. The van der Waals surface area contributed by atoms with Gasteiger partial charge in [-0.2, -0.15) is 10.1 Å². The molecule has 0 radical (unpaired) electrons. The van der Waals surface area contributed by atoms with E-state index in [1.807, 2.05) is 55.5 Å². The molecule has 7 nitrogen and oxygen atoms in total. The van der Waals surface area contributed by atoms with Crippen molar-refractivity contribution in [2.24, 2.45) is 10.1 Å². The van der Waals surface area contributed by atoms with Gasteiger partial charge in [-0.25, -0.2) is 9.40 Å². The van der Waals surface area contributed by atoms with E-state index in [9.17, 15) is 14.0 Å². The number of nitrogens with one attached hydrogen (secondary N) is 1. The minimum Gasteiger partial charge on any atom is -0.497 e. The summed E-state index contributed by atoms with van der Waals surface area (Å²) in [5.74, 6) is -0.470. The Bertz CT molecular complexity index is 1390. The van der Waals surface area contributed by atoms with Crippen LogP contribution in [0.1, 0.15) is 35.6 Å². The lowest BCUT2D eigenvalue weighted by molar-refractivity contribution is -0.121. The maximum atomic E-state index is 13.4. The highest BCUT2D eigenvalue weighted by molar-refractivity contribution is 8.15. The highest BCUT2D eigenvalue weighted by Crippen LogP contribution is 2.39. The Kier molecular flexibility index (Phi) is 7.05. The first-order valence-electron chi connectivity index (χ1n) is 11.8. The Morgan fingerprint density at radius 1 is 1.14 bits per heavy atom. The normalized spacial score (nSPS) is 19.0. The van der Waals surface area contributed by atoms with Crippen LogP contribution in [-0.2, 0) is 9.59 Å². The van der Waals surface area contributed by atoms with Crippen molar-refractivity contribution < 1.29 is 18.7 Å². The van der Waals surface area contributed by atoms with Crippen molar-refractivity contribution in [3.8, 4) is 5.75 Å². The Hall–Kier alpha value is -3.98. The predicted octanol–water partition coefficient (Wildman–Crippen LogP) is 5.32. The summed E-state index contributed by atoms with van der Waals surface area (Å²) >= 11 is 1.22. The third kappa shape index (κ3) is 5.56. The molecule has 2 aliphatic heterocycles. The Labute approximate surface area is 218 Å². The summed E-state index contributed by atoms with van der Waals surface area (Å²) in [6, 6.07) is 21.4. The van der Waals surface area contributed by atoms with Gasteiger partial charge in [0.25, 0.3) is 5.91 Å². The average molecular weight is 517 g/mol. The zero-order valence-electron chi connectivity index (χ0n) is 20.3. The van der Waals surface area contributed by atoms with Gasteiger partial charge in [-0.15, -0.1) is 0 Å². The first-order chi connectivity index (χ1) is 17.9. The third-order valence-corrected chi connectivity index (χ3v) is 7.34. The fraction of sp³-hybridized carbons (Fsp3) is 0.214. The summed E-state index contributed by atoms with van der Waals surface area (Å²) in [4.78, 5) is 29.6. The molecule has 37 heavy (non-hydrogen) atoms. The van der Waals surface area contributed by atoms with Crippen LogP contribution >= 0.6 is 11.8 Å². The van der Waals surface area contributed by atoms with Gasteiger partial charge in [0.15, 0.2) is 5.17 Å². The van der Waals surface area contributed by atoms with E-state index in [0.29, 0.717) is 17.3 Å². The number of anilines is 1. The minimum absolute atomic E-state index is 0.0808. The molecule has 0 fully saturated rings. The maximum absolute atomic E-state index is 13.4. The quantitative estimate of drug-likeness (QED) is 0.480. The number of hydrogen-bond donors (Lipinski definition) is 1. The first kappa shape index (κ1) is 24.7. The van der Waals surface area contributed by atoms with Gasteiger partial charge in [0.05, 0.1) is 18.9 Å². The van der Waals surface area contributed by atoms with Crippen molar-refractivity contribution in [1.29, 1.82) is 0 Å². The smallest absolute Gasteiger partial charge is 0.262 e. The molecule has 2 atom stereocenters. The number of hydrazone groups is 1. The number of halogens is 1. The number of carbonyl (C=O) groups excluding carboxylic acids is 2. The molecule has 0 aliphatic carbocycles. The molecule has 5 rings (SSSR count). The zero-order chi connectivity index (χ0) is 25.9. The molecule has 0 unspecified atom stereocenters. The maximum Gasteiger partial charge on any atom is 0.262 e. The van der Waals surface area contributed by atoms with Gasteiger partial charge in [-0.1, -0.05) is 59.8 Å². The highest BCUT2D eigenvalue weighted by Gasteiger charge is 2.39. The van der Waals surface area contributed by atoms with Gasteiger partial charge >= 0.3 is 0 Å². The lowest BCUT2D eigenvalue weighted by atomic mass is 9.98. The van der Waals surface area contributed by atoms with Crippen molar-refractivity contribution in [3.63, 3.8) is 0 Å². The molecule has 2 aliphatic rings. The summed E-state index contributed by atoms with van der Waals surface area (Å²) in [5, 5.41) is 9.07. The van der Waals surface area contributed by atoms with Crippen LogP contribution in [0.15, 0.2) is 82.9 Å². The molecule has 0 saturated carbocycles. The van der Waals surface area contributed by atoms with E-state index in [2.05, 4.69) is 10.3 Å². The SMILES string of the molecule is COc1ccc([C@H]2CC(c3ccc(C)cc3)=NN2C2=NC(=O)[C@H](CC(=O)Nc3cccc(F)c3)S2)cc1. The number of thioether (sulfide) groups is 1. The summed E-state index contributed by atoms with van der Waals surface area (Å²) in [5.41, 5.74) is 4.41. The van der Waals surface area contributed by atoms with E-state index in [4.69, 9.17) is 9.84 Å². The molecule has 1 N–H and O–H groups in total. The van der Waals surface area contributed by atoms with Gasteiger partial charge in [0.2, 0.25) is 5.91 Å². The number of hydrogen-bond acceptors (Lipinski definition) is 6. The van der Waals surface area contributed by atoms with Crippen LogP contribution in [0, 0.1) is 12.7 Å². The molecular weight excluding hydrogens is 491 g/mol. The topological polar surface area (TPSA) is 83.4 Å². The number of methoxy groups -OCH3 is 1. The van der Waals surface area contributed by atoms with Crippen LogP contribution in [0.4, 0.5) is 10.1 Å². The number of rotatable bonds is 6. The van der Waals surface area contributed by atoms with Crippen molar-refractivity contribution >= 4 is 40.1 Å². The molecular formula is C28H25FN4O3S. The van der Waals surface area contributed by atoms with E-state index in [0.717, 1.165) is 28.2 Å². The van der Waals surface area contributed by atoms with Crippen molar-refractivity contribution in [1.82, 2.24) is 5.01 Å². The van der Waals surface area contributed by atoms with E-state index < -0.39 is 11.1 Å². The van der Waals surface area contributed by atoms with Crippen LogP contribution in [-0.4, -0.2) is 40.1 Å². The summed E-state index contributed by atoms with van der Waals surface area (Å²) in [6.07, 6.45) is 0.552. The Morgan fingerprint density at radius 2 is 1.89 bits per heavy atom. The molecule has 0 saturated heterocycles. The average Bonchev–Trinajstić information content (AvgIpc) is 3.48. The summed E-state index contributed by atoms with van der Waals surface area (Å²) < 4.78 is 18.7. The van der Waals surface area contributed by atoms with Crippen LogP contribution in [0.5, 0.6) is 5.75 Å². The molecule has 0 bridgehead atoms. The molecule has 3 aromatic rings. The monoisotopic (exact) mass is 516 g/mol. The molecule has 9 heteroatoms. The molecule has 3 aromatic carbocycles. The largest absolute Gasteiger partial charge is 0.497 e. The second kappa shape index (κ2) is 10.6. The standard InChI is InChI=1S/C28H25FN4O3S/c1-17-6-8-18(9-7-17)23-15-24(19-10-12-22(36-2)13-11-19)33(32-23)28-31-27(35)25(37-28)16-26(34)30-21-5-3-4-20(29)14-21/h3-14,24-25H,15-16H2,1-2H3,(H,30,34)/t24-,25+/m1/s1. The van der Waals surface area contributed by atoms with Crippen LogP contribution in [0.3, 0.4) is 0 Å². The molecule has 0 spiro atoms. The Balaban J connectivity index is 1.35. The predicted molar refractivity (Wildman–Crippen MR) is 143 cm³/mol. The van der Waals surface area contributed by atoms with E-state index in [1.165, 1.54) is 30.0 Å². The van der Waals surface area contributed by atoms with E-state index in [-0.39, 0.29) is 24.3 Å². The van der Waals surface area contributed by atoms with Crippen LogP contribution in [0.25, 0.3) is 0 Å². The second-order valence-corrected chi connectivity index (χ2v) is 10.0. The number of aliphatic imine (C=N–C) groups is 1. The number of nitrogens with zero attached hydrogens (tertiary/aromatic N) is 3. The summed E-state index contributed by atoms with van der Waals surface area (Å²) in [7, 11) is 1.62. The zero-order valence-corrected chi connectivity index (χ0v) is 21.2. The van der Waals surface area contributed by atoms with Gasteiger partial charge in [-0.05, 0) is 48.4 Å². The molecule has 0 aromatic heterocycles. The number of aryl methyl sites for hydroxylation is 1. The fourth-order valence-corrected chi connectivity index (χ4v) is 5.31. The van der Waals surface area contributed by atoms with Crippen molar-refractivity contribution in [2.45, 2.75) is 31.1 Å². The summed E-state index contributed by atoms with van der Waals surface area (Å²) in [6.45, 7) is 2.03. The number of amides is 2. The number of amidine groups is 1. The van der Waals surface area contributed by atoms with Gasteiger partial charge < -0.3 is 10.1 Å². The van der Waals surface area contributed by atoms with Crippen LogP contribution in [0.2, 0.25) is 0 Å². The van der Waals surface area contributed by atoms with Gasteiger partial charge in [0.1, 0.15) is 16.8 Å². The van der Waals surface area contributed by atoms with Crippen LogP contribution < -0.4 is 10.1 Å². The number of carbonyl (C=O) groups is 2. The molecule has 2 heterocycles. The van der Waals surface area contributed by atoms with Crippen molar-refractivity contribution in [2.75, 3.05) is 12.4 Å². The van der Waals surface area contributed by atoms with E-state index >= 15 is 0 Å². The molecule has 2 amide bonds. The lowest BCUT2D eigenvalue weighted by Gasteiger charge is -2.23. The second-order valence-electron chi connectivity index (χ2n) is 8.85. The number of ether oxygens (including phenoxy) is 1. The van der Waals surface area contributed by atoms with E-state index in [1.54, 1.807) is 18.2 Å². The van der Waals surface area contributed by atoms with Gasteiger partial charge in [0, 0.05) is 18.5 Å². The van der Waals surface area contributed by atoms with Crippen molar-refractivity contribution in [3.05, 3.63) is 95.3 Å². The Morgan fingerprint density at radius 3 is 2.59 bits per heavy atom.